The first-order valence-corrected chi connectivity index (χ1v) is 13.0. The van der Waals surface area contributed by atoms with Crippen LogP contribution in [0.5, 0.6) is 0 Å². The number of aromatic nitrogens is 2. The molecule has 0 saturated carbocycles. The van der Waals surface area contributed by atoms with Gasteiger partial charge in [0.15, 0.2) is 5.82 Å². The lowest BCUT2D eigenvalue weighted by atomic mass is 10.0. The minimum Gasteiger partial charge on any atom is -0.382 e. The number of H-pyrrole nitrogens is 1. The molecule has 2 heterocycles. The topological polar surface area (TPSA) is 90.3 Å². The molecule has 1 aliphatic rings. The van der Waals surface area contributed by atoms with E-state index in [1.165, 1.54) is 12.1 Å². The van der Waals surface area contributed by atoms with Gasteiger partial charge in [-0.05, 0) is 54.6 Å². The number of amides is 1. The summed E-state index contributed by atoms with van der Waals surface area (Å²) in [5, 5.41) is 10.3. The Bertz CT molecular complexity index is 1590. The Hall–Kier alpha value is -4.33. The van der Waals surface area contributed by atoms with E-state index in [-0.39, 0.29) is 17.7 Å². The van der Waals surface area contributed by atoms with Crippen LogP contribution in [-0.4, -0.2) is 58.6 Å². The van der Waals surface area contributed by atoms with Crippen LogP contribution in [0.4, 0.5) is 24.7 Å². The lowest BCUT2D eigenvalue weighted by molar-refractivity contribution is -0.138. The second-order valence-corrected chi connectivity index (χ2v) is 9.70. The van der Waals surface area contributed by atoms with Gasteiger partial charge in [0.05, 0.1) is 16.5 Å². The summed E-state index contributed by atoms with van der Waals surface area (Å²) in [6.45, 7) is 6.26. The quantitative estimate of drug-likeness (QED) is 0.308. The molecule has 1 fully saturated rings. The lowest BCUT2D eigenvalue weighted by Gasteiger charge is -2.34. The molecule has 206 valence electrons. The highest BCUT2D eigenvalue weighted by Crippen LogP contribution is 2.34. The standard InChI is InChI=1S/C30H29F3N6O/c1-2-38-13-15-39(16-14-38)19-23-12-11-22(18-25(23)30(31,32)33)29(40)35-24-7-3-5-20(17-24)9-10-21-6-4-8-26-27(21)28(34)37-36-26/h3-8,11-12,17-18H,2,13-16,19H2,1H3,(H,35,40)(H3,34,36,37). The third-order valence-electron chi connectivity index (χ3n) is 7.06. The second-order valence-electron chi connectivity index (χ2n) is 9.70. The first-order chi connectivity index (χ1) is 19.2. The summed E-state index contributed by atoms with van der Waals surface area (Å²) in [6.07, 6.45) is -4.58. The highest BCUT2D eigenvalue weighted by molar-refractivity contribution is 6.04. The van der Waals surface area contributed by atoms with Gasteiger partial charge in [-0.15, -0.1) is 0 Å². The number of nitrogen functional groups attached to an aromatic ring is 1. The Morgan fingerprint density at radius 2 is 1.77 bits per heavy atom. The monoisotopic (exact) mass is 546 g/mol. The molecule has 4 aromatic rings. The van der Waals surface area contributed by atoms with Crippen LogP contribution in [0.1, 0.15) is 39.5 Å². The predicted octanol–water partition coefficient (Wildman–Crippen LogP) is 4.95. The molecule has 40 heavy (non-hydrogen) atoms. The summed E-state index contributed by atoms with van der Waals surface area (Å²) in [5.74, 6) is 5.85. The molecule has 1 amide bonds. The summed E-state index contributed by atoms with van der Waals surface area (Å²) in [4.78, 5) is 17.2. The molecule has 0 unspecified atom stereocenters. The molecule has 4 N–H and O–H groups in total. The number of nitrogens with zero attached hydrogens (tertiary/aromatic N) is 3. The number of nitrogens with two attached hydrogens (primary N) is 1. The molecular formula is C30H29F3N6O. The van der Waals surface area contributed by atoms with Crippen molar-refractivity contribution in [3.8, 4) is 11.8 Å². The molecule has 0 aliphatic carbocycles. The van der Waals surface area contributed by atoms with E-state index in [1.54, 1.807) is 24.3 Å². The number of halogens is 3. The van der Waals surface area contributed by atoms with Crippen LogP contribution in [-0.2, 0) is 12.7 Å². The summed E-state index contributed by atoms with van der Waals surface area (Å²) in [7, 11) is 0. The molecule has 0 radical (unpaired) electrons. The molecule has 0 spiro atoms. The van der Waals surface area contributed by atoms with Gasteiger partial charge in [0.2, 0.25) is 0 Å². The number of carbonyl (C=O) groups is 1. The first-order valence-electron chi connectivity index (χ1n) is 13.0. The van der Waals surface area contributed by atoms with Crippen molar-refractivity contribution in [1.82, 2.24) is 20.0 Å². The summed E-state index contributed by atoms with van der Waals surface area (Å²) in [5.41, 5.74) is 7.78. The Morgan fingerprint density at radius 1 is 1.02 bits per heavy atom. The van der Waals surface area contributed by atoms with Gasteiger partial charge in [-0.3, -0.25) is 14.8 Å². The van der Waals surface area contributed by atoms with E-state index >= 15 is 0 Å². The molecule has 1 aliphatic heterocycles. The van der Waals surface area contributed by atoms with Gasteiger partial charge in [-0.2, -0.15) is 18.3 Å². The van der Waals surface area contributed by atoms with Crippen LogP contribution in [0.15, 0.2) is 60.7 Å². The third-order valence-corrected chi connectivity index (χ3v) is 7.06. The molecule has 1 saturated heterocycles. The average molecular weight is 547 g/mol. The zero-order valence-electron chi connectivity index (χ0n) is 22.0. The number of hydrogen-bond donors (Lipinski definition) is 3. The number of anilines is 2. The van der Waals surface area contributed by atoms with Crippen molar-refractivity contribution in [2.75, 3.05) is 43.8 Å². The molecule has 0 bridgehead atoms. The number of hydrogen-bond acceptors (Lipinski definition) is 5. The number of piperazine rings is 1. The van der Waals surface area contributed by atoms with E-state index in [4.69, 9.17) is 5.73 Å². The summed E-state index contributed by atoms with van der Waals surface area (Å²) in [6, 6.07) is 16.1. The highest BCUT2D eigenvalue weighted by atomic mass is 19.4. The van der Waals surface area contributed by atoms with Crippen molar-refractivity contribution in [2.45, 2.75) is 19.6 Å². The normalized spacial score (nSPS) is 14.6. The van der Waals surface area contributed by atoms with Crippen molar-refractivity contribution < 1.29 is 18.0 Å². The second kappa shape index (κ2) is 11.4. The summed E-state index contributed by atoms with van der Waals surface area (Å²) < 4.78 is 41.9. The number of rotatable bonds is 5. The maximum atomic E-state index is 14.0. The predicted molar refractivity (Wildman–Crippen MR) is 150 cm³/mol. The van der Waals surface area contributed by atoms with E-state index in [0.29, 0.717) is 35.7 Å². The zero-order valence-corrected chi connectivity index (χ0v) is 22.0. The van der Waals surface area contributed by atoms with Crippen molar-refractivity contribution >= 4 is 28.3 Å². The molecule has 10 heteroatoms. The largest absolute Gasteiger partial charge is 0.416 e. The Morgan fingerprint density at radius 3 is 2.52 bits per heavy atom. The lowest BCUT2D eigenvalue weighted by Crippen LogP contribution is -2.45. The average Bonchev–Trinajstić information content (AvgIpc) is 3.33. The van der Waals surface area contributed by atoms with E-state index in [2.05, 4.69) is 39.2 Å². The van der Waals surface area contributed by atoms with Crippen LogP contribution in [0.3, 0.4) is 0 Å². The van der Waals surface area contributed by atoms with Crippen molar-refractivity contribution in [2.24, 2.45) is 0 Å². The Labute approximate surface area is 230 Å². The molecule has 5 rings (SSSR count). The van der Waals surface area contributed by atoms with Gasteiger partial charge in [0, 0.05) is 55.1 Å². The van der Waals surface area contributed by atoms with Gasteiger partial charge in [0.1, 0.15) is 0 Å². The Kier molecular flexibility index (Phi) is 7.78. The molecule has 7 nitrogen and oxygen atoms in total. The zero-order chi connectivity index (χ0) is 28.3. The maximum absolute atomic E-state index is 14.0. The first kappa shape index (κ1) is 27.2. The van der Waals surface area contributed by atoms with Crippen molar-refractivity contribution in [1.29, 1.82) is 0 Å². The molecule has 0 atom stereocenters. The number of likely N-dealkylation sites (N-methyl/N-ethyl adjacent to an activating group) is 1. The van der Waals surface area contributed by atoms with Gasteiger partial charge in [-0.25, -0.2) is 0 Å². The number of alkyl halides is 3. The fraction of sp³-hybridized carbons (Fsp3) is 0.267. The fourth-order valence-corrected chi connectivity index (χ4v) is 4.84. The third kappa shape index (κ3) is 6.11. The van der Waals surface area contributed by atoms with Crippen LogP contribution >= 0.6 is 0 Å². The summed E-state index contributed by atoms with van der Waals surface area (Å²) >= 11 is 0. The van der Waals surface area contributed by atoms with Crippen LogP contribution in [0, 0.1) is 11.8 Å². The highest BCUT2D eigenvalue weighted by Gasteiger charge is 2.34. The van der Waals surface area contributed by atoms with Crippen LogP contribution in [0.2, 0.25) is 0 Å². The van der Waals surface area contributed by atoms with Crippen LogP contribution < -0.4 is 11.1 Å². The van der Waals surface area contributed by atoms with Gasteiger partial charge in [-0.1, -0.05) is 37.0 Å². The molecule has 1 aromatic heterocycles. The number of carbonyl (C=O) groups excluding carboxylic acids is 1. The minimum atomic E-state index is -4.58. The maximum Gasteiger partial charge on any atom is 0.416 e. The van der Waals surface area contributed by atoms with Crippen LogP contribution in [0.25, 0.3) is 10.9 Å². The molecule has 3 aromatic carbocycles. The number of nitrogens with one attached hydrogen (secondary N) is 2. The van der Waals surface area contributed by atoms with E-state index in [1.807, 2.05) is 23.1 Å². The number of aromatic amines is 1. The fourth-order valence-electron chi connectivity index (χ4n) is 4.84. The van der Waals surface area contributed by atoms with Gasteiger partial charge < -0.3 is 16.0 Å². The number of benzene rings is 3. The van der Waals surface area contributed by atoms with E-state index in [0.717, 1.165) is 36.6 Å². The smallest absolute Gasteiger partial charge is 0.382 e. The SMILES string of the molecule is CCN1CCN(Cc2ccc(C(=O)Nc3cccc(C#Cc4cccc5[nH]nc(N)c45)c3)cc2C(F)(F)F)CC1. The van der Waals surface area contributed by atoms with Crippen molar-refractivity contribution in [3.63, 3.8) is 0 Å². The van der Waals surface area contributed by atoms with Crippen molar-refractivity contribution in [3.05, 3.63) is 88.5 Å². The molecular weight excluding hydrogens is 517 g/mol. The van der Waals surface area contributed by atoms with Gasteiger partial charge in [0.25, 0.3) is 5.91 Å². The number of fused-ring (bicyclic) bond motifs is 1. The minimum absolute atomic E-state index is 0.0644. The Balaban J connectivity index is 1.32. The van der Waals surface area contributed by atoms with E-state index < -0.39 is 17.6 Å². The van der Waals surface area contributed by atoms with E-state index in [9.17, 15) is 18.0 Å². The van der Waals surface area contributed by atoms with Gasteiger partial charge >= 0.3 is 6.18 Å².